The first-order valence-electron chi connectivity index (χ1n) is 10.1. The van der Waals surface area contributed by atoms with E-state index < -0.39 is 41.3 Å². The first-order chi connectivity index (χ1) is 14.7. The number of carbonyl (C=O) groups excluding carboxylic acids is 1. The van der Waals surface area contributed by atoms with Crippen LogP contribution in [0.1, 0.15) is 39.0 Å². The highest BCUT2D eigenvalue weighted by Crippen LogP contribution is 2.31. The number of nitrogens with one attached hydrogen (secondary N) is 2. The molecular formula is C21H28N4O6. The third-order valence-electron chi connectivity index (χ3n) is 4.78. The second kappa shape index (κ2) is 9.46. The van der Waals surface area contributed by atoms with Gasteiger partial charge in [0.2, 0.25) is 0 Å². The van der Waals surface area contributed by atoms with Crippen molar-refractivity contribution < 1.29 is 19.5 Å². The van der Waals surface area contributed by atoms with Crippen molar-refractivity contribution in [3.8, 4) is 0 Å². The minimum absolute atomic E-state index is 0.291. The molecule has 1 aromatic heterocycles. The van der Waals surface area contributed by atoms with Gasteiger partial charge in [-0.25, -0.2) is 9.59 Å². The molecule has 0 radical (unpaired) electrons. The fourth-order valence-electron chi connectivity index (χ4n) is 3.43. The molecule has 1 fully saturated rings. The summed E-state index contributed by atoms with van der Waals surface area (Å²) < 4.78 is 6.59. The van der Waals surface area contributed by atoms with E-state index in [0.29, 0.717) is 13.0 Å². The van der Waals surface area contributed by atoms with Gasteiger partial charge >= 0.3 is 11.8 Å². The van der Waals surface area contributed by atoms with Crippen LogP contribution in [0.3, 0.4) is 0 Å². The Morgan fingerprint density at radius 3 is 2.61 bits per heavy atom. The van der Waals surface area contributed by atoms with E-state index in [0.717, 1.165) is 5.56 Å². The molecule has 1 aliphatic rings. The number of nitrogens with zero attached hydrogens (tertiary/aromatic N) is 2. The zero-order chi connectivity index (χ0) is 22.6. The van der Waals surface area contributed by atoms with Crippen LogP contribution in [0.15, 0.2) is 52.2 Å². The van der Waals surface area contributed by atoms with E-state index in [9.17, 15) is 19.5 Å². The summed E-state index contributed by atoms with van der Waals surface area (Å²) in [6.45, 7) is 5.26. The van der Waals surface area contributed by atoms with Crippen molar-refractivity contribution >= 4 is 6.09 Å². The van der Waals surface area contributed by atoms with Crippen LogP contribution in [-0.4, -0.2) is 50.1 Å². The monoisotopic (exact) mass is 432 g/mol. The van der Waals surface area contributed by atoms with Crippen LogP contribution in [0.25, 0.3) is 0 Å². The Labute approximate surface area is 179 Å². The van der Waals surface area contributed by atoms with E-state index in [1.165, 1.54) is 16.8 Å². The van der Waals surface area contributed by atoms with Crippen LogP contribution in [0.5, 0.6) is 0 Å². The Kier molecular flexibility index (Phi) is 6.94. The molecule has 3 atom stereocenters. The van der Waals surface area contributed by atoms with E-state index in [4.69, 9.17) is 9.57 Å². The molecule has 1 amide bonds. The number of H-pyrrole nitrogens is 1. The number of benzene rings is 1. The molecule has 0 aliphatic carbocycles. The predicted molar refractivity (Wildman–Crippen MR) is 112 cm³/mol. The Morgan fingerprint density at radius 1 is 1.29 bits per heavy atom. The molecule has 2 heterocycles. The summed E-state index contributed by atoms with van der Waals surface area (Å²) >= 11 is 0. The summed E-state index contributed by atoms with van der Waals surface area (Å²) in [5.41, 5.74) is -0.836. The average Bonchev–Trinajstić information content (AvgIpc) is 3.08. The van der Waals surface area contributed by atoms with Gasteiger partial charge in [0.05, 0.1) is 18.7 Å². The molecule has 0 spiro atoms. The molecule has 3 rings (SSSR count). The molecule has 1 aromatic carbocycles. The van der Waals surface area contributed by atoms with Gasteiger partial charge in [0.1, 0.15) is 5.60 Å². The van der Waals surface area contributed by atoms with Crippen LogP contribution in [-0.2, 0) is 16.1 Å². The highest BCUT2D eigenvalue weighted by Gasteiger charge is 2.40. The number of aromatic nitrogens is 2. The van der Waals surface area contributed by atoms with Crippen LogP contribution in [0.4, 0.5) is 4.79 Å². The molecule has 2 aromatic rings. The van der Waals surface area contributed by atoms with E-state index in [-0.39, 0.29) is 6.61 Å². The van der Waals surface area contributed by atoms with E-state index in [2.05, 4.69) is 10.3 Å². The number of alkyl carbamates (subject to hydrolysis) is 1. The van der Waals surface area contributed by atoms with Crippen molar-refractivity contribution in [1.82, 2.24) is 19.9 Å². The van der Waals surface area contributed by atoms with Crippen LogP contribution < -0.4 is 16.6 Å². The first kappa shape index (κ1) is 22.7. The lowest BCUT2D eigenvalue weighted by molar-refractivity contribution is -0.194. The SMILES string of the molecule is CC(C)(C)OC(=O)N[C@@H](CO)[C@H]1C[C@@H](n2ccc(=O)[nH]c2=O)ON1Cc1ccccc1. The summed E-state index contributed by atoms with van der Waals surface area (Å²) in [5.74, 6) is 0. The molecular weight excluding hydrogens is 404 g/mol. The number of rotatable bonds is 6. The van der Waals surface area contributed by atoms with Gasteiger partial charge in [-0.2, -0.15) is 5.06 Å². The van der Waals surface area contributed by atoms with Gasteiger partial charge < -0.3 is 15.2 Å². The average molecular weight is 432 g/mol. The Bertz CT molecular complexity index is 997. The topological polar surface area (TPSA) is 126 Å². The lowest BCUT2D eigenvalue weighted by atomic mass is 10.0. The quantitative estimate of drug-likeness (QED) is 0.625. The number of hydrogen-bond donors (Lipinski definition) is 3. The lowest BCUT2D eigenvalue weighted by Gasteiger charge is -2.30. The van der Waals surface area contributed by atoms with Gasteiger partial charge in [0, 0.05) is 25.2 Å². The summed E-state index contributed by atoms with van der Waals surface area (Å²) in [6, 6.07) is 9.62. The maximum atomic E-state index is 12.3. The summed E-state index contributed by atoms with van der Waals surface area (Å²) in [6.07, 6.45) is 0.285. The van der Waals surface area contributed by atoms with Crippen molar-refractivity contribution in [1.29, 1.82) is 0 Å². The Hall–Kier alpha value is -2.95. The van der Waals surface area contributed by atoms with Crippen molar-refractivity contribution in [2.75, 3.05) is 6.61 Å². The molecule has 0 unspecified atom stereocenters. The maximum absolute atomic E-state index is 12.3. The van der Waals surface area contributed by atoms with Crippen molar-refractivity contribution in [3.05, 3.63) is 69.0 Å². The largest absolute Gasteiger partial charge is 0.444 e. The highest BCUT2D eigenvalue weighted by atomic mass is 16.7. The molecule has 0 saturated carbocycles. The highest BCUT2D eigenvalue weighted by molar-refractivity contribution is 5.68. The second-order valence-corrected chi connectivity index (χ2v) is 8.38. The van der Waals surface area contributed by atoms with Crippen LogP contribution in [0, 0.1) is 0 Å². The molecule has 1 aliphatic heterocycles. The summed E-state index contributed by atoms with van der Waals surface area (Å²) in [4.78, 5) is 44.2. The van der Waals surface area contributed by atoms with Crippen LogP contribution >= 0.6 is 0 Å². The maximum Gasteiger partial charge on any atom is 0.408 e. The normalized spacial score (nSPS) is 20.4. The number of hydrogen-bond acceptors (Lipinski definition) is 7. The fraction of sp³-hybridized carbons (Fsp3) is 0.476. The minimum Gasteiger partial charge on any atom is -0.444 e. The van der Waals surface area contributed by atoms with Crippen molar-refractivity contribution in [2.45, 2.75) is 57.6 Å². The molecule has 31 heavy (non-hydrogen) atoms. The second-order valence-electron chi connectivity index (χ2n) is 8.38. The van der Waals surface area contributed by atoms with E-state index >= 15 is 0 Å². The number of carbonyl (C=O) groups is 1. The van der Waals surface area contributed by atoms with Crippen molar-refractivity contribution in [3.63, 3.8) is 0 Å². The summed E-state index contributed by atoms with van der Waals surface area (Å²) in [5, 5.41) is 14.3. The van der Waals surface area contributed by atoms with Gasteiger partial charge in [-0.1, -0.05) is 30.3 Å². The number of ether oxygens (including phenoxy) is 1. The Balaban J connectivity index is 1.84. The fourth-order valence-corrected chi connectivity index (χ4v) is 3.43. The van der Waals surface area contributed by atoms with Gasteiger partial charge in [-0.3, -0.25) is 19.2 Å². The minimum atomic E-state index is -0.715. The molecule has 3 N–H and O–H groups in total. The molecule has 10 heteroatoms. The summed E-state index contributed by atoms with van der Waals surface area (Å²) in [7, 11) is 0. The Morgan fingerprint density at radius 2 is 2.00 bits per heavy atom. The zero-order valence-electron chi connectivity index (χ0n) is 17.8. The van der Waals surface area contributed by atoms with Gasteiger partial charge in [0.25, 0.3) is 5.56 Å². The first-order valence-corrected chi connectivity index (χ1v) is 10.1. The molecule has 0 bridgehead atoms. The third-order valence-corrected chi connectivity index (χ3v) is 4.78. The van der Waals surface area contributed by atoms with Gasteiger partial charge in [-0.15, -0.1) is 0 Å². The van der Waals surface area contributed by atoms with E-state index in [1.807, 2.05) is 30.3 Å². The van der Waals surface area contributed by atoms with Gasteiger partial charge in [0.15, 0.2) is 6.23 Å². The number of aromatic amines is 1. The van der Waals surface area contributed by atoms with Gasteiger partial charge in [-0.05, 0) is 26.3 Å². The molecule has 168 valence electrons. The standard InChI is InChI=1S/C21H28N4O6/c1-21(2,3)30-20(29)22-15(13-26)16-11-18(24-10-9-17(27)23-19(24)28)31-25(16)12-14-7-5-4-6-8-14/h4-10,15-16,18,26H,11-13H2,1-3H3,(H,22,29)(H,23,27,28)/t15-,16+,18-/m0/s1. The molecule has 10 nitrogen and oxygen atoms in total. The molecule has 1 saturated heterocycles. The number of hydroxylamine groups is 2. The van der Waals surface area contributed by atoms with Crippen molar-refractivity contribution in [2.24, 2.45) is 0 Å². The van der Waals surface area contributed by atoms with Crippen LogP contribution in [0.2, 0.25) is 0 Å². The predicted octanol–water partition coefficient (Wildman–Crippen LogP) is 1.13. The lowest BCUT2D eigenvalue weighted by Crippen LogP contribution is -2.51. The zero-order valence-corrected chi connectivity index (χ0v) is 17.8. The van der Waals surface area contributed by atoms with E-state index in [1.54, 1.807) is 25.8 Å². The smallest absolute Gasteiger partial charge is 0.408 e. The third kappa shape index (κ3) is 6.03. The number of amides is 1. The number of aliphatic hydroxyl groups is 1. The number of aliphatic hydroxyl groups excluding tert-OH is 1.